The van der Waals surface area contributed by atoms with Gasteiger partial charge in [0.25, 0.3) is 0 Å². The Balaban J connectivity index is 1.25. The van der Waals surface area contributed by atoms with E-state index in [2.05, 4.69) is 15.5 Å². The fourth-order valence-electron chi connectivity index (χ4n) is 3.78. The van der Waals surface area contributed by atoms with Gasteiger partial charge in [-0.25, -0.2) is 0 Å². The molecule has 0 aliphatic heterocycles. The molecule has 6 nitrogen and oxygen atoms in total. The number of hydrogen-bond acceptors (Lipinski definition) is 5. The van der Waals surface area contributed by atoms with Crippen molar-refractivity contribution in [2.45, 2.75) is 18.7 Å². The van der Waals surface area contributed by atoms with Crippen LogP contribution in [0.4, 0.5) is 5.69 Å². The molecule has 5 aromatic rings. The molecule has 0 spiro atoms. The highest BCUT2D eigenvalue weighted by molar-refractivity contribution is 7.99. The van der Waals surface area contributed by atoms with Gasteiger partial charge in [0.2, 0.25) is 5.91 Å². The number of hydrogen-bond donors (Lipinski definition) is 1. The van der Waals surface area contributed by atoms with Crippen LogP contribution in [0.25, 0.3) is 17.1 Å². The number of amides is 1. The molecule has 0 unspecified atom stereocenters. The fourth-order valence-corrected chi connectivity index (χ4v) is 4.66. The van der Waals surface area contributed by atoms with Crippen molar-refractivity contribution in [3.8, 4) is 22.8 Å². The SMILES string of the molecule is Cc1ccc(-n2c(SCC(=O)Nc3ccc(OCc4ccccc4)cc3)nnc2-c2ccc(Cl)cc2)cc1. The van der Waals surface area contributed by atoms with Gasteiger partial charge in [-0.05, 0) is 73.2 Å². The third kappa shape index (κ3) is 6.43. The molecule has 1 amide bonds. The molecule has 5 rings (SSSR count). The highest BCUT2D eigenvalue weighted by Crippen LogP contribution is 2.29. The van der Waals surface area contributed by atoms with E-state index >= 15 is 0 Å². The molecule has 4 aromatic carbocycles. The van der Waals surface area contributed by atoms with Crippen molar-refractivity contribution in [1.29, 1.82) is 0 Å². The Hall–Kier alpha value is -4.07. The summed E-state index contributed by atoms with van der Waals surface area (Å²) >= 11 is 7.41. The highest BCUT2D eigenvalue weighted by atomic mass is 35.5. The first-order valence-electron chi connectivity index (χ1n) is 12.0. The number of ether oxygens (including phenoxy) is 1. The molecule has 190 valence electrons. The van der Waals surface area contributed by atoms with E-state index in [4.69, 9.17) is 16.3 Å². The lowest BCUT2D eigenvalue weighted by Crippen LogP contribution is -2.14. The van der Waals surface area contributed by atoms with Crippen LogP contribution in [-0.2, 0) is 11.4 Å². The van der Waals surface area contributed by atoms with Gasteiger partial charge in [0, 0.05) is 22.0 Å². The van der Waals surface area contributed by atoms with Crippen LogP contribution >= 0.6 is 23.4 Å². The monoisotopic (exact) mass is 540 g/mol. The van der Waals surface area contributed by atoms with Gasteiger partial charge in [-0.15, -0.1) is 10.2 Å². The number of benzene rings is 4. The Bertz CT molecular complexity index is 1500. The van der Waals surface area contributed by atoms with Crippen molar-refractivity contribution in [2.75, 3.05) is 11.1 Å². The van der Waals surface area contributed by atoms with E-state index in [0.29, 0.717) is 28.3 Å². The largest absolute Gasteiger partial charge is 0.489 e. The average molecular weight is 541 g/mol. The van der Waals surface area contributed by atoms with E-state index in [0.717, 1.165) is 28.1 Å². The lowest BCUT2D eigenvalue weighted by atomic mass is 10.2. The first kappa shape index (κ1) is 25.6. The second-order valence-corrected chi connectivity index (χ2v) is 10.00. The number of rotatable bonds is 9. The number of aryl methyl sites for hydroxylation is 1. The molecule has 0 bridgehead atoms. The third-order valence-electron chi connectivity index (χ3n) is 5.75. The summed E-state index contributed by atoms with van der Waals surface area (Å²) in [5, 5.41) is 13.0. The minimum Gasteiger partial charge on any atom is -0.489 e. The van der Waals surface area contributed by atoms with Gasteiger partial charge in [-0.2, -0.15) is 0 Å². The topological polar surface area (TPSA) is 69.0 Å². The fraction of sp³-hybridized carbons (Fsp3) is 0.100. The first-order chi connectivity index (χ1) is 18.5. The molecule has 38 heavy (non-hydrogen) atoms. The number of halogens is 1. The van der Waals surface area contributed by atoms with Crippen LogP contribution < -0.4 is 10.1 Å². The molecule has 1 N–H and O–H groups in total. The number of aromatic nitrogens is 3. The van der Waals surface area contributed by atoms with Gasteiger partial charge < -0.3 is 10.1 Å². The van der Waals surface area contributed by atoms with Gasteiger partial charge in [0.1, 0.15) is 12.4 Å². The minimum atomic E-state index is -0.139. The summed E-state index contributed by atoms with van der Waals surface area (Å²) in [6.07, 6.45) is 0. The molecule has 0 aliphatic carbocycles. The standard InChI is InChI=1S/C30H25ClN4O2S/c1-21-7-15-26(16-8-21)35-29(23-9-11-24(31)12-10-23)33-34-30(35)38-20-28(36)32-25-13-17-27(18-14-25)37-19-22-5-3-2-4-6-22/h2-18H,19-20H2,1H3,(H,32,36). The molecule has 0 atom stereocenters. The maximum atomic E-state index is 12.8. The lowest BCUT2D eigenvalue weighted by molar-refractivity contribution is -0.113. The zero-order valence-corrected chi connectivity index (χ0v) is 22.2. The smallest absolute Gasteiger partial charge is 0.234 e. The van der Waals surface area contributed by atoms with Crippen molar-refractivity contribution in [1.82, 2.24) is 14.8 Å². The zero-order chi connectivity index (χ0) is 26.3. The van der Waals surface area contributed by atoms with Crippen molar-refractivity contribution < 1.29 is 9.53 Å². The molecule has 1 aromatic heterocycles. The van der Waals surface area contributed by atoms with E-state index in [9.17, 15) is 4.79 Å². The number of thioether (sulfide) groups is 1. The van der Waals surface area contributed by atoms with Crippen LogP contribution in [-0.4, -0.2) is 26.4 Å². The van der Waals surface area contributed by atoms with Crippen LogP contribution in [0.1, 0.15) is 11.1 Å². The normalized spacial score (nSPS) is 10.8. The van der Waals surface area contributed by atoms with Crippen LogP contribution in [0.5, 0.6) is 5.75 Å². The second kappa shape index (κ2) is 12.0. The molecular formula is C30H25ClN4O2S. The third-order valence-corrected chi connectivity index (χ3v) is 6.93. The molecule has 0 aliphatic rings. The van der Waals surface area contributed by atoms with Gasteiger partial charge in [0.05, 0.1) is 5.75 Å². The van der Waals surface area contributed by atoms with E-state index in [1.807, 2.05) is 115 Å². The maximum Gasteiger partial charge on any atom is 0.234 e. The number of carbonyl (C=O) groups excluding carboxylic acids is 1. The number of anilines is 1. The van der Waals surface area contributed by atoms with Gasteiger partial charge in [-0.1, -0.05) is 71.4 Å². The summed E-state index contributed by atoms with van der Waals surface area (Å²) in [7, 11) is 0. The molecule has 0 fully saturated rings. The molecule has 1 heterocycles. The molecule has 0 saturated heterocycles. The van der Waals surface area contributed by atoms with Crippen LogP contribution in [0, 0.1) is 6.92 Å². The lowest BCUT2D eigenvalue weighted by Gasteiger charge is -2.11. The van der Waals surface area contributed by atoms with Crippen LogP contribution in [0.3, 0.4) is 0 Å². The highest BCUT2D eigenvalue weighted by Gasteiger charge is 2.17. The summed E-state index contributed by atoms with van der Waals surface area (Å²) in [5.74, 6) is 1.46. The molecule has 0 saturated carbocycles. The van der Waals surface area contributed by atoms with E-state index in [1.54, 1.807) is 0 Å². The molecular weight excluding hydrogens is 516 g/mol. The van der Waals surface area contributed by atoms with Gasteiger partial charge in [-0.3, -0.25) is 9.36 Å². The minimum absolute atomic E-state index is 0.139. The summed E-state index contributed by atoms with van der Waals surface area (Å²) in [4.78, 5) is 12.8. The predicted octanol–water partition coefficient (Wildman–Crippen LogP) is 7.21. The summed E-state index contributed by atoms with van der Waals surface area (Å²) in [5.41, 5.74) is 4.75. The predicted molar refractivity (Wildman–Crippen MR) is 153 cm³/mol. The Morgan fingerprint density at radius 2 is 1.61 bits per heavy atom. The zero-order valence-electron chi connectivity index (χ0n) is 20.7. The Kier molecular flexibility index (Phi) is 8.06. The summed E-state index contributed by atoms with van der Waals surface area (Å²) < 4.78 is 7.78. The second-order valence-electron chi connectivity index (χ2n) is 8.62. The Morgan fingerprint density at radius 1 is 0.895 bits per heavy atom. The molecule has 8 heteroatoms. The summed E-state index contributed by atoms with van der Waals surface area (Å²) in [6, 6.07) is 32.9. The van der Waals surface area contributed by atoms with E-state index < -0.39 is 0 Å². The number of nitrogens with one attached hydrogen (secondary N) is 1. The first-order valence-corrected chi connectivity index (χ1v) is 13.4. The Labute approximate surface area is 230 Å². The quantitative estimate of drug-likeness (QED) is 0.200. The van der Waals surface area contributed by atoms with Crippen molar-refractivity contribution in [3.63, 3.8) is 0 Å². The average Bonchev–Trinajstić information content (AvgIpc) is 3.37. The molecule has 0 radical (unpaired) electrons. The van der Waals surface area contributed by atoms with Crippen LogP contribution in [0.15, 0.2) is 108 Å². The van der Waals surface area contributed by atoms with Crippen molar-refractivity contribution in [2.24, 2.45) is 0 Å². The van der Waals surface area contributed by atoms with Crippen molar-refractivity contribution in [3.05, 3.63) is 119 Å². The maximum absolute atomic E-state index is 12.8. The van der Waals surface area contributed by atoms with E-state index in [-0.39, 0.29) is 11.7 Å². The van der Waals surface area contributed by atoms with E-state index in [1.165, 1.54) is 11.8 Å². The Morgan fingerprint density at radius 3 is 2.32 bits per heavy atom. The van der Waals surface area contributed by atoms with Gasteiger partial charge >= 0.3 is 0 Å². The van der Waals surface area contributed by atoms with Crippen LogP contribution in [0.2, 0.25) is 5.02 Å². The summed E-state index contributed by atoms with van der Waals surface area (Å²) in [6.45, 7) is 2.53. The number of nitrogens with zero attached hydrogens (tertiary/aromatic N) is 3. The van der Waals surface area contributed by atoms with Gasteiger partial charge in [0.15, 0.2) is 11.0 Å². The number of carbonyl (C=O) groups is 1. The van der Waals surface area contributed by atoms with Crippen molar-refractivity contribution >= 4 is 35.0 Å².